The van der Waals surface area contributed by atoms with Crippen LogP contribution in [0.3, 0.4) is 0 Å². The molecule has 0 unspecified atom stereocenters. The van der Waals surface area contributed by atoms with E-state index in [0.29, 0.717) is 35.9 Å². The van der Waals surface area contributed by atoms with E-state index in [0.717, 1.165) is 40.4 Å². The summed E-state index contributed by atoms with van der Waals surface area (Å²) < 4.78 is 13.0. The lowest BCUT2D eigenvalue weighted by Gasteiger charge is -2.21. The maximum atomic E-state index is 13.7. The molecule has 3 aromatic rings. The van der Waals surface area contributed by atoms with Crippen molar-refractivity contribution in [1.82, 2.24) is 9.88 Å². The van der Waals surface area contributed by atoms with Crippen LogP contribution in [-0.4, -0.2) is 25.3 Å². The highest BCUT2D eigenvalue weighted by molar-refractivity contribution is 5.84. The minimum atomic E-state index is 0.0456. The molecule has 35 heavy (non-hydrogen) atoms. The summed E-state index contributed by atoms with van der Waals surface area (Å²) in [6, 6.07) is 14.3. The Kier molecular flexibility index (Phi) is 5.48. The Morgan fingerprint density at radius 2 is 1.77 bits per heavy atom. The molecule has 2 fully saturated rings. The van der Waals surface area contributed by atoms with Gasteiger partial charge < -0.3 is 19.4 Å². The summed E-state index contributed by atoms with van der Waals surface area (Å²) in [6.07, 6.45) is 9.01. The zero-order valence-electron chi connectivity index (χ0n) is 20.8. The average molecular weight is 471 g/mol. The van der Waals surface area contributed by atoms with Crippen molar-refractivity contribution in [2.24, 2.45) is 23.2 Å². The third-order valence-corrected chi connectivity index (χ3v) is 8.70. The number of aryl methyl sites for hydroxylation is 1. The van der Waals surface area contributed by atoms with Crippen LogP contribution in [0.15, 0.2) is 59.4 Å². The van der Waals surface area contributed by atoms with E-state index in [9.17, 15) is 4.79 Å². The van der Waals surface area contributed by atoms with Gasteiger partial charge in [0.25, 0.3) is 5.56 Å². The molecule has 1 spiro atoms. The van der Waals surface area contributed by atoms with Gasteiger partial charge in [0, 0.05) is 23.6 Å². The van der Waals surface area contributed by atoms with Gasteiger partial charge in [-0.05, 0) is 73.6 Å². The van der Waals surface area contributed by atoms with Crippen molar-refractivity contribution in [1.29, 1.82) is 0 Å². The van der Waals surface area contributed by atoms with Crippen LogP contribution >= 0.6 is 0 Å². The highest BCUT2D eigenvalue weighted by Crippen LogP contribution is 2.69. The Morgan fingerprint density at radius 3 is 2.46 bits per heavy atom. The smallest absolute Gasteiger partial charge is 0.255 e. The maximum absolute atomic E-state index is 13.7. The Hall–Kier alpha value is -3.05. The molecule has 0 radical (unpaired) electrons. The largest absolute Gasteiger partial charge is 0.493 e. The standard InChI is InChI=1S/C30H34N2O3/c1-19-4-6-20(7-5-19)18-32-26-15-28(35-3)27(34-2)14-21(26)12-23(29(32)33)17-31-16-22-13-24-8-9-25(22)30(24)10-11-30/h4-9,12,14-15,22,24-25,31H,10-11,13,16-18H2,1-3H3/t22-,24-,25-/m0/s1. The van der Waals surface area contributed by atoms with Crippen LogP contribution in [-0.2, 0) is 13.1 Å². The Balaban J connectivity index is 1.31. The van der Waals surface area contributed by atoms with E-state index in [2.05, 4.69) is 48.7 Å². The predicted molar refractivity (Wildman–Crippen MR) is 139 cm³/mol. The maximum Gasteiger partial charge on any atom is 0.255 e. The fourth-order valence-electron chi connectivity index (χ4n) is 6.67. The van der Waals surface area contributed by atoms with E-state index in [1.807, 2.05) is 22.8 Å². The molecule has 5 heteroatoms. The average Bonchev–Trinajstić information content (AvgIpc) is 3.54. The zero-order valence-corrected chi connectivity index (χ0v) is 20.8. The van der Waals surface area contributed by atoms with Gasteiger partial charge in [-0.3, -0.25) is 4.79 Å². The first-order chi connectivity index (χ1) is 17.0. The number of ether oxygens (including phenoxy) is 2. The van der Waals surface area contributed by atoms with Gasteiger partial charge >= 0.3 is 0 Å². The number of aromatic nitrogens is 1. The van der Waals surface area contributed by atoms with Crippen LogP contribution in [0.2, 0.25) is 0 Å². The van der Waals surface area contributed by atoms with Crippen LogP contribution in [0.4, 0.5) is 0 Å². The molecule has 2 bridgehead atoms. The molecule has 0 amide bonds. The summed E-state index contributed by atoms with van der Waals surface area (Å²) >= 11 is 0. The number of fused-ring (bicyclic) bond motifs is 1. The van der Waals surface area contributed by atoms with Crippen molar-refractivity contribution < 1.29 is 9.47 Å². The van der Waals surface area contributed by atoms with Gasteiger partial charge in [0.15, 0.2) is 11.5 Å². The Bertz CT molecular complexity index is 1350. The first-order valence-electron chi connectivity index (χ1n) is 12.8. The Morgan fingerprint density at radius 1 is 1.03 bits per heavy atom. The molecule has 2 saturated carbocycles. The second-order valence-corrected chi connectivity index (χ2v) is 10.7. The molecule has 6 rings (SSSR count). The first-order valence-corrected chi connectivity index (χ1v) is 12.8. The van der Waals surface area contributed by atoms with Gasteiger partial charge in [-0.2, -0.15) is 0 Å². The molecule has 3 aliphatic carbocycles. The topological polar surface area (TPSA) is 52.5 Å². The minimum absolute atomic E-state index is 0.0456. The number of pyridine rings is 1. The Labute approximate surface area is 206 Å². The normalized spacial score (nSPS) is 23.3. The number of methoxy groups -OCH3 is 2. The number of nitrogens with zero attached hydrogens (tertiary/aromatic N) is 1. The van der Waals surface area contributed by atoms with Crippen LogP contribution in [0, 0.1) is 30.1 Å². The second kappa shape index (κ2) is 8.56. The molecule has 3 aliphatic rings. The summed E-state index contributed by atoms with van der Waals surface area (Å²) in [5.74, 6) is 3.50. The molecule has 2 aromatic carbocycles. The van der Waals surface area contributed by atoms with Gasteiger partial charge in [-0.1, -0.05) is 42.0 Å². The van der Waals surface area contributed by atoms with E-state index in [-0.39, 0.29) is 5.56 Å². The molecule has 0 aliphatic heterocycles. The summed E-state index contributed by atoms with van der Waals surface area (Å²) in [5, 5.41) is 4.62. The van der Waals surface area contributed by atoms with Gasteiger partial charge in [0.05, 0.1) is 26.3 Å². The van der Waals surface area contributed by atoms with Gasteiger partial charge in [-0.15, -0.1) is 0 Å². The monoisotopic (exact) mass is 470 g/mol. The van der Waals surface area contributed by atoms with Crippen molar-refractivity contribution in [3.8, 4) is 11.5 Å². The number of hydrogen-bond acceptors (Lipinski definition) is 4. The summed E-state index contributed by atoms with van der Waals surface area (Å²) in [6.45, 7) is 4.13. The molecule has 3 atom stereocenters. The number of benzene rings is 2. The fourth-order valence-corrected chi connectivity index (χ4v) is 6.67. The lowest BCUT2D eigenvalue weighted by molar-refractivity contribution is 0.350. The number of hydrogen-bond donors (Lipinski definition) is 1. The molecular formula is C30H34N2O3. The van der Waals surface area contributed by atoms with Crippen molar-refractivity contribution >= 4 is 10.9 Å². The van der Waals surface area contributed by atoms with Gasteiger partial charge in [0.2, 0.25) is 0 Å². The summed E-state index contributed by atoms with van der Waals surface area (Å²) in [5.41, 5.74) is 4.60. The van der Waals surface area contributed by atoms with E-state index in [4.69, 9.17) is 9.47 Å². The quantitative estimate of drug-likeness (QED) is 0.467. The second-order valence-electron chi connectivity index (χ2n) is 10.7. The molecule has 1 aromatic heterocycles. The summed E-state index contributed by atoms with van der Waals surface area (Å²) in [4.78, 5) is 13.7. The zero-order chi connectivity index (χ0) is 24.2. The third kappa shape index (κ3) is 3.77. The van der Waals surface area contributed by atoms with Gasteiger partial charge in [0.1, 0.15) is 0 Å². The first kappa shape index (κ1) is 22.4. The van der Waals surface area contributed by atoms with Crippen LogP contribution < -0.4 is 20.3 Å². The van der Waals surface area contributed by atoms with Crippen LogP contribution in [0.25, 0.3) is 10.9 Å². The van der Waals surface area contributed by atoms with Crippen LogP contribution in [0.1, 0.15) is 36.0 Å². The van der Waals surface area contributed by atoms with Crippen molar-refractivity contribution in [3.05, 3.63) is 81.7 Å². The lowest BCUT2D eigenvalue weighted by Crippen LogP contribution is -2.31. The van der Waals surface area contributed by atoms with E-state index >= 15 is 0 Å². The highest BCUT2D eigenvalue weighted by atomic mass is 16.5. The molecule has 1 heterocycles. The van der Waals surface area contributed by atoms with Crippen molar-refractivity contribution in [2.45, 2.75) is 39.3 Å². The predicted octanol–water partition coefficient (Wildman–Crippen LogP) is 5.07. The van der Waals surface area contributed by atoms with E-state index in [1.54, 1.807) is 14.2 Å². The highest BCUT2D eigenvalue weighted by Gasteiger charge is 2.62. The molecule has 182 valence electrons. The van der Waals surface area contributed by atoms with Gasteiger partial charge in [-0.25, -0.2) is 0 Å². The molecule has 0 saturated heterocycles. The number of rotatable bonds is 8. The minimum Gasteiger partial charge on any atom is -0.493 e. The molecule has 5 nitrogen and oxygen atoms in total. The van der Waals surface area contributed by atoms with E-state index < -0.39 is 0 Å². The SMILES string of the molecule is COc1cc2cc(CNC[C@@H]3C[C@@H]4C=C[C@@H]3C43CC3)c(=O)n(Cc3ccc(C)cc3)c2cc1OC. The number of allylic oxidation sites excluding steroid dienone is 2. The third-order valence-electron chi connectivity index (χ3n) is 8.70. The molecular weight excluding hydrogens is 436 g/mol. The van der Waals surface area contributed by atoms with Crippen molar-refractivity contribution in [3.63, 3.8) is 0 Å². The lowest BCUT2D eigenvalue weighted by atomic mass is 9.89. The van der Waals surface area contributed by atoms with Crippen LogP contribution in [0.5, 0.6) is 11.5 Å². The number of nitrogens with one attached hydrogen (secondary N) is 1. The summed E-state index contributed by atoms with van der Waals surface area (Å²) in [7, 11) is 3.27. The van der Waals surface area contributed by atoms with Crippen molar-refractivity contribution in [2.75, 3.05) is 20.8 Å². The van der Waals surface area contributed by atoms with E-state index in [1.165, 1.54) is 24.8 Å². The fraction of sp³-hybridized carbons (Fsp3) is 0.433. The molecule has 1 N–H and O–H groups in total.